The van der Waals surface area contributed by atoms with Crippen LogP contribution in [0.5, 0.6) is 0 Å². The van der Waals surface area contributed by atoms with Crippen molar-refractivity contribution in [1.29, 1.82) is 0 Å². The molecule has 1 atom stereocenters. The van der Waals surface area contributed by atoms with Crippen LogP contribution in [0.2, 0.25) is 0 Å². The van der Waals surface area contributed by atoms with Gasteiger partial charge in [-0.2, -0.15) is 0 Å². The first kappa shape index (κ1) is 17.4. The predicted octanol–water partition coefficient (Wildman–Crippen LogP) is 4.55. The Kier molecular flexibility index (Phi) is 6.20. The summed E-state index contributed by atoms with van der Waals surface area (Å²) in [7, 11) is -2.09. The molecular weight excluding hydrogens is 302 g/mol. The molecule has 1 unspecified atom stereocenters. The van der Waals surface area contributed by atoms with Gasteiger partial charge in [-0.3, -0.25) is 0 Å². The van der Waals surface area contributed by atoms with Gasteiger partial charge in [0.1, 0.15) is 0 Å². The minimum absolute atomic E-state index is 0.0945. The molecule has 0 spiro atoms. The van der Waals surface area contributed by atoms with Gasteiger partial charge >= 0.3 is 124 Å². The SMILES string of the molecule is CC(C)C1(C(C)C)COCO[PH]1(C(C)C)[PH](=S)S. The maximum absolute atomic E-state index is 6.31. The summed E-state index contributed by atoms with van der Waals surface area (Å²) >= 11 is 10.5. The van der Waals surface area contributed by atoms with E-state index in [0.717, 1.165) is 6.61 Å². The van der Waals surface area contributed by atoms with Crippen molar-refractivity contribution >= 4 is 36.8 Å². The molecule has 6 heteroatoms. The van der Waals surface area contributed by atoms with Gasteiger partial charge in [0.2, 0.25) is 0 Å². The predicted molar refractivity (Wildman–Crippen MR) is 92.4 cm³/mol. The van der Waals surface area contributed by atoms with Gasteiger partial charge in [-0.1, -0.05) is 0 Å². The first-order chi connectivity index (χ1) is 8.23. The van der Waals surface area contributed by atoms with Crippen molar-refractivity contribution in [2.75, 3.05) is 13.4 Å². The summed E-state index contributed by atoms with van der Waals surface area (Å²) in [5.74, 6) is 1.03. The van der Waals surface area contributed by atoms with Crippen LogP contribution in [0.3, 0.4) is 0 Å². The summed E-state index contributed by atoms with van der Waals surface area (Å²) < 4.78 is 12.0. The molecule has 0 aliphatic carbocycles. The molecule has 0 aromatic carbocycles. The summed E-state index contributed by atoms with van der Waals surface area (Å²) in [6.07, 6.45) is 0. The van der Waals surface area contributed by atoms with Crippen LogP contribution in [0.4, 0.5) is 0 Å². The number of ether oxygens (including phenoxy) is 1. The van der Waals surface area contributed by atoms with E-state index in [1.54, 1.807) is 0 Å². The van der Waals surface area contributed by atoms with E-state index in [4.69, 9.17) is 33.3 Å². The summed E-state index contributed by atoms with van der Waals surface area (Å²) in [4.78, 5) is 0. The third-order valence-corrected chi connectivity index (χ3v) is 21.3. The Hall–Kier alpha value is 1.35. The van der Waals surface area contributed by atoms with Crippen LogP contribution >= 0.6 is 25.0 Å². The molecular formula is C12H28O2P2S2. The summed E-state index contributed by atoms with van der Waals surface area (Å²) in [6.45, 7) is 14.9. The molecule has 1 aliphatic rings. The van der Waals surface area contributed by atoms with E-state index in [1.165, 1.54) is 0 Å². The van der Waals surface area contributed by atoms with Crippen LogP contribution in [0.1, 0.15) is 41.5 Å². The van der Waals surface area contributed by atoms with Gasteiger partial charge in [-0.05, 0) is 0 Å². The average molecular weight is 330 g/mol. The van der Waals surface area contributed by atoms with Gasteiger partial charge in [-0.25, -0.2) is 0 Å². The Morgan fingerprint density at radius 3 is 1.94 bits per heavy atom. The number of thiol groups is 1. The summed E-state index contributed by atoms with van der Waals surface area (Å²) in [6, 6.07) is 0. The zero-order valence-electron chi connectivity index (χ0n) is 12.3. The summed E-state index contributed by atoms with van der Waals surface area (Å²) in [5.41, 5.74) is -0.679. The second-order valence-electron chi connectivity index (χ2n) is 6.16. The standard InChI is InChI=1S/C12H28O2P2S2/c1-9(2)12(10(3)4)7-13-8-14-16(12,11(5)6)15(17)18/h9-11,15-16H,7-8H2,1-6H3,(H,17,18). The fourth-order valence-electron chi connectivity index (χ4n) is 3.66. The second kappa shape index (κ2) is 6.41. The van der Waals surface area contributed by atoms with Crippen LogP contribution in [0.25, 0.3) is 0 Å². The van der Waals surface area contributed by atoms with Crippen molar-refractivity contribution in [3.63, 3.8) is 0 Å². The van der Waals surface area contributed by atoms with Crippen molar-refractivity contribution in [3.8, 4) is 0 Å². The second-order valence-corrected chi connectivity index (χ2v) is 20.2. The topological polar surface area (TPSA) is 18.5 Å². The van der Waals surface area contributed by atoms with Crippen LogP contribution < -0.4 is 0 Å². The molecule has 0 aromatic rings. The van der Waals surface area contributed by atoms with E-state index in [2.05, 4.69) is 41.5 Å². The fraction of sp³-hybridized carbons (Fsp3) is 1.00. The molecule has 1 aliphatic heterocycles. The fourth-order valence-corrected chi connectivity index (χ4v) is 23.0. The third kappa shape index (κ3) is 2.47. The van der Waals surface area contributed by atoms with Crippen LogP contribution in [0, 0.1) is 11.8 Å². The van der Waals surface area contributed by atoms with E-state index in [9.17, 15) is 0 Å². The normalized spacial score (nSPS) is 26.6. The monoisotopic (exact) mass is 330 g/mol. The molecule has 2 nitrogen and oxygen atoms in total. The quantitative estimate of drug-likeness (QED) is 0.602. The molecule has 110 valence electrons. The molecule has 1 fully saturated rings. The van der Waals surface area contributed by atoms with E-state index < -0.39 is 12.8 Å². The molecule has 0 aromatic heterocycles. The maximum atomic E-state index is 6.31. The van der Waals surface area contributed by atoms with Gasteiger partial charge in [0.05, 0.1) is 0 Å². The minimum atomic E-state index is -2.09. The van der Waals surface area contributed by atoms with Gasteiger partial charge in [0.15, 0.2) is 0 Å². The van der Waals surface area contributed by atoms with Crippen molar-refractivity contribution < 1.29 is 9.26 Å². The van der Waals surface area contributed by atoms with E-state index in [-0.39, 0.29) is 5.16 Å². The van der Waals surface area contributed by atoms with Crippen molar-refractivity contribution in [2.24, 2.45) is 11.8 Å². The molecule has 1 saturated heterocycles. The zero-order chi connectivity index (χ0) is 14.1. The summed E-state index contributed by atoms with van der Waals surface area (Å²) in [5, 5.41) is 0.0945. The van der Waals surface area contributed by atoms with Crippen LogP contribution in [-0.2, 0) is 21.1 Å². The first-order valence-corrected chi connectivity index (χ1v) is 13.6. The molecule has 0 bridgehead atoms. The zero-order valence-corrected chi connectivity index (χ0v) is 16.0. The third-order valence-electron chi connectivity index (χ3n) is 4.59. The Bertz CT molecular complexity index is 313. The van der Waals surface area contributed by atoms with Gasteiger partial charge in [-0.15, -0.1) is 0 Å². The number of hydrogen-bond acceptors (Lipinski definition) is 3. The Balaban J connectivity index is 3.46. The Labute approximate surface area is 123 Å². The Morgan fingerprint density at radius 1 is 1.17 bits per heavy atom. The molecule has 0 amide bonds. The van der Waals surface area contributed by atoms with Crippen LogP contribution in [0.15, 0.2) is 0 Å². The number of hydrogen-bond donors (Lipinski definition) is 1. The van der Waals surface area contributed by atoms with E-state index in [1.807, 2.05) is 0 Å². The van der Waals surface area contributed by atoms with E-state index in [0.29, 0.717) is 24.3 Å². The Morgan fingerprint density at radius 2 is 1.67 bits per heavy atom. The molecule has 18 heavy (non-hydrogen) atoms. The molecule has 0 N–H and O–H groups in total. The number of rotatable bonds is 4. The molecule has 0 saturated carbocycles. The van der Waals surface area contributed by atoms with Crippen molar-refractivity contribution in [3.05, 3.63) is 0 Å². The van der Waals surface area contributed by atoms with Crippen LogP contribution in [-0.4, -0.2) is 24.2 Å². The molecule has 1 heterocycles. The first-order valence-electron chi connectivity index (χ1n) is 6.68. The van der Waals surface area contributed by atoms with Crippen molar-refractivity contribution in [2.45, 2.75) is 52.4 Å². The van der Waals surface area contributed by atoms with Gasteiger partial charge in [0.25, 0.3) is 0 Å². The van der Waals surface area contributed by atoms with E-state index >= 15 is 0 Å². The van der Waals surface area contributed by atoms with Crippen molar-refractivity contribution in [1.82, 2.24) is 0 Å². The molecule has 0 radical (unpaired) electrons. The molecule has 1 rings (SSSR count). The average Bonchev–Trinajstić information content (AvgIpc) is 2.27. The van der Waals surface area contributed by atoms with Gasteiger partial charge < -0.3 is 0 Å². The van der Waals surface area contributed by atoms with Gasteiger partial charge in [0, 0.05) is 0 Å².